The number of fused-ring (bicyclic) bond motifs is 1. The highest BCUT2D eigenvalue weighted by molar-refractivity contribution is 7.87. The molecule has 22 heavy (non-hydrogen) atoms. The van der Waals surface area contributed by atoms with Crippen LogP contribution in [0.4, 0.5) is 0 Å². The van der Waals surface area contributed by atoms with Gasteiger partial charge < -0.3 is 19.3 Å². The van der Waals surface area contributed by atoms with E-state index in [2.05, 4.69) is 5.32 Å². The summed E-state index contributed by atoms with van der Waals surface area (Å²) in [5, 5.41) is 13.1. The van der Waals surface area contributed by atoms with E-state index in [4.69, 9.17) is 8.92 Å². The van der Waals surface area contributed by atoms with Crippen LogP contribution in [0, 0.1) is 0 Å². The van der Waals surface area contributed by atoms with Crippen LogP contribution in [0.15, 0.2) is 18.2 Å². The van der Waals surface area contributed by atoms with Crippen molar-refractivity contribution in [1.29, 1.82) is 0 Å². The van der Waals surface area contributed by atoms with E-state index in [1.165, 1.54) is 0 Å². The lowest BCUT2D eigenvalue weighted by Crippen LogP contribution is -2.42. The molecule has 1 heterocycles. The molecule has 0 aromatic heterocycles. The van der Waals surface area contributed by atoms with Crippen LogP contribution in [-0.4, -0.2) is 44.1 Å². The van der Waals surface area contributed by atoms with Crippen LogP contribution in [0.2, 0.25) is 0 Å². The second kappa shape index (κ2) is 6.44. The Kier molecular flexibility index (Phi) is 4.99. The fourth-order valence-corrected chi connectivity index (χ4v) is 3.04. The molecule has 0 saturated heterocycles. The number of aryl methyl sites for hydroxylation is 1. The number of hydrogen-bond acceptors (Lipinski definition) is 6. The lowest BCUT2D eigenvalue weighted by molar-refractivity contribution is 0.0990. The number of hydrogen-bond donors (Lipinski definition) is 2. The molecule has 0 fully saturated rings. The summed E-state index contributed by atoms with van der Waals surface area (Å²) >= 11 is 0. The van der Waals surface area contributed by atoms with Gasteiger partial charge in [-0.3, -0.25) is 0 Å². The van der Waals surface area contributed by atoms with Gasteiger partial charge >= 0.3 is 10.1 Å². The fourth-order valence-electron chi connectivity index (χ4n) is 2.04. The van der Waals surface area contributed by atoms with Crippen molar-refractivity contribution in [2.24, 2.45) is 0 Å². The van der Waals surface area contributed by atoms with Crippen LogP contribution in [0.1, 0.15) is 26.3 Å². The Balaban J connectivity index is 1.99. The maximum absolute atomic E-state index is 11.6. The van der Waals surface area contributed by atoms with E-state index < -0.39 is 16.2 Å². The summed E-state index contributed by atoms with van der Waals surface area (Å²) in [7, 11) is -3.54. The molecule has 0 amide bonds. The number of β-amino-alcohol motifs (C(OH)–C–C–N with tert-alkyl or cyclic N) is 1. The fraction of sp³-hybridized carbons (Fsp3) is 0.600. The smallest absolute Gasteiger partial charge is 0.309 e. The van der Waals surface area contributed by atoms with Gasteiger partial charge in [0.15, 0.2) is 11.5 Å². The minimum Gasteiger partial charge on any atom is -0.487 e. The van der Waals surface area contributed by atoms with E-state index in [-0.39, 0.29) is 23.6 Å². The zero-order valence-corrected chi connectivity index (χ0v) is 13.9. The largest absolute Gasteiger partial charge is 0.487 e. The molecule has 0 radical (unpaired) electrons. The van der Waals surface area contributed by atoms with E-state index in [0.29, 0.717) is 18.7 Å². The van der Waals surface area contributed by atoms with E-state index in [0.717, 1.165) is 5.56 Å². The zero-order valence-electron chi connectivity index (χ0n) is 13.1. The van der Waals surface area contributed by atoms with Gasteiger partial charge in [-0.2, -0.15) is 8.42 Å². The maximum atomic E-state index is 11.6. The molecule has 1 aliphatic heterocycles. The molecule has 1 unspecified atom stereocenters. The number of rotatable bonds is 5. The SMILES string of the molecule is CC(C)(C)NCC(O)COc1cccc2c1OS(=O)(=O)CC2. The number of para-hydroxylation sites is 1. The summed E-state index contributed by atoms with van der Waals surface area (Å²) < 4.78 is 33.8. The van der Waals surface area contributed by atoms with Crippen LogP contribution in [0.25, 0.3) is 0 Å². The Morgan fingerprint density at radius 3 is 2.82 bits per heavy atom. The maximum Gasteiger partial charge on any atom is 0.309 e. The molecule has 1 aliphatic rings. The van der Waals surface area contributed by atoms with E-state index in [1.807, 2.05) is 26.8 Å². The molecule has 0 bridgehead atoms. The summed E-state index contributed by atoms with van der Waals surface area (Å²) in [6.07, 6.45) is -0.293. The van der Waals surface area contributed by atoms with Crippen molar-refractivity contribution in [1.82, 2.24) is 5.32 Å². The van der Waals surface area contributed by atoms with E-state index in [9.17, 15) is 13.5 Å². The van der Waals surface area contributed by atoms with Gasteiger partial charge in [-0.1, -0.05) is 12.1 Å². The van der Waals surface area contributed by atoms with Crippen LogP contribution >= 0.6 is 0 Å². The zero-order chi connectivity index (χ0) is 16.4. The molecule has 7 heteroatoms. The third kappa shape index (κ3) is 4.86. The van der Waals surface area contributed by atoms with Gasteiger partial charge in [0.2, 0.25) is 0 Å². The third-order valence-corrected chi connectivity index (χ3v) is 4.32. The summed E-state index contributed by atoms with van der Waals surface area (Å²) in [4.78, 5) is 0. The predicted molar refractivity (Wildman–Crippen MR) is 83.8 cm³/mol. The highest BCUT2D eigenvalue weighted by atomic mass is 32.2. The average molecular weight is 329 g/mol. The molecule has 2 rings (SSSR count). The monoisotopic (exact) mass is 329 g/mol. The van der Waals surface area contributed by atoms with Crippen molar-refractivity contribution in [2.75, 3.05) is 18.9 Å². The van der Waals surface area contributed by atoms with E-state index >= 15 is 0 Å². The summed E-state index contributed by atoms with van der Waals surface area (Å²) in [6, 6.07) is 5.24. The number of aliphatic hydroxyl groups is 1. The van der Waals surface area contributed by atoms with Crippen molar-refractivity contribution in [3.8, 4) is 11.5 Å². The normalized spacial score (nSPS) is 18.2. The first-order valence-corrected chi connectivity index (χ1v) is 8.84. The number of aliphatic hydroxyl groups excluding tert-OH is 1. The van der Waals surface area contributed by atoms with Gasteiger partial charge in [0.25, 0.3) is 0 Å². The lowest BCUT2D eigenvalue weighted by Gasteiger charge is -2.24. The Hall–Kier alpha value is -1.31. The molecule has 6 nitrogen and oxygen atoms in total. The first-order chi connectivity index (χ1) is 10.2. The van der Waals surface area contributed by atoms with Crippen molar-refractivity contribution in [2.45, 2.75) is 38.8 Å². The molecule has 1 aromatic carbocycles. The van der Waals surface area contributed by atoms with Gasteiger partial charge in [0.05, 0.1) is 5.75 Å². The van der Waals surface area contributed by atoms with E-state index in [1.54, 1.807) is 12.1 Å². The van der Waals surface area contributed by atoms with Crippen molar-refractivity contribution in [3.05, 3.63) is 23.8 Å². The highest BCUT2D eigenvalue weighted by Crippen LogP contribution is 2.35. The van der Waals surface area contributed by atoms with Crippen LogP contribution < -0.4 is 14.2 Å². The first kappa shape index (κ1) is 17.1. The van der Waals surface area contributed by atoms with Gasteiger partial charge in [-0.05, 0) is 33.3 Å². The standard InChI is InChI=1S/C15H23NO5S/c1-15(2,3)16-9-12(17)10-20-13-6-4-5-11-7-8-22(18,19)21-14(11)13/h4-6,12,16-17H,7-10H2,1-3H3. The minimum atomic E-state index is -3.54. The van der Waals surface area contributed by atoms with Gasteiger partial charge in [0.1, 0.15) is 12.7 Å². The Bertz CT molecular complexity index is 621. The molecule has 0 spiro atoms. The molecular formula is C15H23NO5S. The lowest BCUT2D eigenvalue weighted by atomic mass is 10.1. The topological polar surface area (TPSA) is 84.9 Å². The Morgan fingerprint density at radius 1 is 1.41 bits per heavy atom. The summed E-state index contributed by atoms with van der Waals surface area (Å²) in [5.74, 6) is 0.557. The number of nitrogens with one attached hydrogen (secondary N) is 1. The Morgan fingerprint density at radius 2 is 2.14 bits per heavy atom. The summed E-state index contributed by atoms with van der Waals surface area (Å²) in [5.41, 5.74) is 0.707. The highest BCUT2D eigenvalue weighted by Gasteiger charge is 2.26. The van der Waals surface area contributed by atoms with Gasteiger partial charge in [0, 0.05) is 17.6 Å². The quantitative estimate of drug-likeness (QED) is 0.786. The van der Waals surface area contributed by atoms with Crippen LogP contribution in [-0.2, 0) is 16.5 Å². The molecule has 1 aromatic rings. The van der Waals surface area contributed by atoms with Crippen molar-refractivity contribution in [3.63, 3.8) is 0 Å². The number of benzene rings is 1. The average Bonchev–Trinajstić information content (AvgIpc) is 2.41. The van der Waals surface area contributed by atoms with Crippen LogP contribution in [0.5, 0.6) is 11.5 Å². The van der Waals surface area contributed by atoms with Gasteiger partial charge in [-0.25, -0.2) is 0 Å². The second-order valence-electron chi connectivity index (χ2n) is 6.44. The van der Waals surface area contributed by atoms with Crippen molar-refractivity contribution < 1.29 is 22.4 Å². The molecule has 1 atom stereocenters. The van der Waals surface area contributed by atoms with Gasteiger partial charge in [-0.15, -0.1) is 0 Å². The molecule has 0 aliphatic carbocycles. The van der Waals surface area contributed by atoms with Crippen LogP contribution in [0.3, 0.4) is 0 Å². The minimum absolute atomic E-state index is 0.0262. The second-order valence-corrected chi connectivity index (χ2v) is 8.13. The Labute approximate surface area is 131 Å². The molecule has 0 saturated carbocycles. The first-order valence-electron chi connectivity index (χ1n) is 7.26. The summed E-state index contributed by atoms with van der Waals surface area (Å²) in [6.45, 7) is 6.47. The third-order valence-electron chi connectivity index (χ3n) is 3.19. The van der Waals surface area contributed by atoms with Crippen molar-refractivity contribution >= 4 is 10.1 Å². The molecular weight excluding hydrogens is 306 g/mol. The molecule has 124 valence electrons. The number of ether oxygens (including phenoxy) is 1. The predicted octanol–water partition coefficient (Wildman–Crippen LogP) is 1.08. The molecule has 2 N–H and O–H groups in total.